The highest BCUT2D eigenvalue weighted by Gasteiger charge is 2.16. The number of amides is 1. The van der Waals surface area contributed by atoms with Gasteiger partial charge in [0.2, 0.25) is 0 Å². The van der Waals surface area contributed by atoms with Crippen LogP contribution in [0.1, 0.15) is 43.0 Å². The summed E-state index contributed by atoms with van der Waals surface area (Å²) < 4.78 is 5.40. The summed E-state index contributed by atoms with van der Waals surface area (Å²) in [4.78, 5) is 12.1. The number of ether oxygens (including phenoxy) is 1. The smallest absolute Gasteiger partial charge is 0.251 e. The van der Waals surface area contributed by atoms with E-state index in [1.165, 1.54) is 25.7 Å². The lowest BCUT2D eigenvalue weighted by atomic mass is 10.1. The number of benzene rings is 1. The van der Waals surface area contributed by atoms with E-state index in [2.05, 4.69) is 5.32 Å². The van der Waals surface area contributed by atoms with E-state index in [9.17, 15) is 4.79 Å². The zero-order valence-corrected chi connectivity index (χ0v) is 11.4. The topological polar surface area (TPSA) is 64.3 Å². The molecule has 0 unspecified atom stereocenters. The largest absolute Gasteiger partial charge is 0.494 e. The monoisotopic (exact) mass is 262 g/mol. The molecule has 1 aromatic carbocycles. The Labute approximate surface area is 114 Å². The van der Waals surface area contributed by atoms with E-state index in [0.29, 0.717) is 29.5 Å². The van der Waals surface area contributed by atoms with Gasteiger partial charge in [-0.05, 0) is 37.8 Å². The molecule has 2 rings (SSSR count). The van der Waals surface area contributed by atoms with Gasteiger partial charge in [0.25, 0.3) is 5.91 Å². The second-order valence-electron chi connectivity index (χ2n) is 5.08. The normalized spacial score (nSPS) is 15.4. The van der Waals surface area contributed by atoms with Crippen LogP contribution in [0.3, 0.4) is 0 Å². The van der Waals surface area contributed by atoms with E-state index in [1.807, 2.05) is 6.92 Å². The summed E-state index contributed by atoms with van der Waals surface area (Å²) in [6, 6.07) is 5.16. The molecular weight excluding hydrogens is 240 g/mol. The standard InChI is InChI=1S/C15H22N2O2/c1-2-19-14-8-12(7-13(16)9-14)15(18)17-10-11-5-3-4-6-11/h7-9,11H,2-6,10,16H2,1H3,(H,17,18). The second kappa shape index (κ2) is 6.45. The van der Waals surface area contributed by atoms with Gasteiger partial charge in [-0.15, -0.1) is 0 Å². The average molecular weight is 262 g/mol. The predicted molar refractivity (Wildman–Crippen MR) is 76.3 cm³/mol. The number of anilines is 1. The van der Waals surface area contributed by atoms with Crippen LogP contribution in [0.2, 0.25) is 0 Å². The minimum absolute atomic E-state index is 0.0693. The molecule has 1 aromatic rings. The van der Waals surface area contributed by atoms with Gasteiger partial charge in [-0.2, -0.15) is 0 Å². The van der Waals surface area contributed by atoms with Crippen molar-refractivity contribution in [1.82, 2.24) is 5.32 Å². The highest BCUT2D eigenvalue weighted by molar-refractivity contribution is 5.95. The maximum Gasteiger partial charge on any atom is 0.251 e. The minimum atomic E-state index is -0.0693. The van der Waals surface area contributed by atoms with Gasteiger partial charge in [0.1, 0.15) is 5.75 Å². The van der Waals surface area contributed by atoms with Crippen molar-refractivity contribution in [2.45, 2.75) is 32.6 Å². The molecule has 104 valence electrons. The Kier molecular flexibility index (Phi) is 4.66. The number of carbonyl (C=O) groups excluding carboxylic acids is 1. The van der Waals surface area contributed by atoms with Gasteiger partial charge in [0, 0.05) is 23.9 Å². The SMILES string of the molecule is CCOc1cc(N)cc(C(=O)NCC2CCCC2)c1. The first-order chi connectivity index (χ1) is 9.19. The van der Waals surface area contributed by atoms with Crippen molar-refractivity contribution in [3.8, 4) is 5.75 Å². The summed E-state index contributed by atoms with van der Waals surface area (Å²) in [5, 5.41) is 2.99. The van der Waals surface area contributed by atoms with Gasteiger partial charge < -0.3 is 15.8 Å². The van der Waals surface area contributed by atoms with Crippen molar-refractivity contribution < 1.29 is 9.53 Å². The van der Waals surface area contributed by atoms with Crippen LogP contribution >= 0.6 is 0 Å². The van der Waals surface area contributed by atoms with Gasteiger partial charge in [0.05, 0.1) is 6.61 Å². The zero-order chi connectivity index (χ0) is 13.7. The van der Waals surface area contributed by atoms with Crippen molar-refractivity contribution >= 4 is 11.6 Å². The highest BCUT2D eigenvalue weighted by Crippen LogP contribution is 2.24. The maximum atomic E-state index is 12.1. The second-order valence-corrected chi connectivity index (χ2v) is 5.08. The Morgan fingerprint density at radius 1 is 1.37 bits per heavy atom. The van der Waals surface area contributed by atoms with Crippen molar-refractivity contribution in [3.63, 3.8) is 0 Å². The van der Waals surface area contributed by atoms with E-state index in [4.69, 9.17) is 10.5 Å². The molecule has 3 N–H and O–H groups in total. The third-order valence-electron chi connectivity index (χ3n) is 3.53. The molecule has 19 heavy (non-hydrogen) atoms. The number of nitrogen functional groups attached to an aromatic ring is 1. The van der Waals surface area contributed by atoms with Crippen molar-refractivity contribution in [2.75, 3.05) is 18.9 Å². The van der Waals surface area contributed by atoms with Crippen LogP contribution in [-0.2, 0) is 0 Å². The lowest BCUT2D eigenvalue weighted by molar-refractivity contribution is 0.0947. The molecule has 1 aliphatic rings. The number of rotatable bonds is 5. The average Bonchev–Trinajstić information content (AvgIpc) is 2.88. The quantitative estimate of drug-likeness (QED) is 0.802. The maximum absolute atomic E-state index is 12.1. The molecule has 1 saturated carbocycles. The van der Waals surface area contributed by atoms with Crippen molar-refractivity contribution in [1.29, 1.82) is 0 Å². The number of hydrogen-bond acceptors (Lipinski definition) is 3. The van der Waals surface area contributed by atoms with Gasteiger partial charge in [-0.1, -0.05) is 12.8 Å². The first kappa shape index (κ1) is 13.7. The molecule has 0 atom stereocenters. The molecule has 4 heteroatoms. The number of hydrogen-bond donors (Lipinski definition) is 2. The van der Waals surface area contributed by atoms with Crippen LogP contribution < -0.4 is 15.8 Å². The van der Waals surface area contributed by atoms with Crippen LogP contribution in [-0.4, -0.2) is 19.1 Å². The summed E-state index contributed by atoms with van der Waals surface area (Å²) in [5.74, 6) is 1.21. The summed E-state index contributed by atoms with van der Waals surface area (Å²) in [7, 11) is 0. The van der Waals surface area contributed by atoms with E-state index >= 15 is 0 Å². The zero-order valence-electron chi connectivity index (χ0n) is 11.4. The fourth-order valence-electron chi connectivity index (χ4n) is 2.56. The van der Waals surface area contributed by atoms with E-state index < -0.39 is 0 Å². The fraction of sp³-hybridized carbons (Fsp3) is 0.533. The Morgan fingerprint density at radius 2 is 2.11 bits per heavy atom. The molecule has 0 saturated heterocycles. The molecule has 0 radical (unpaired) electrons. The molecule has 4 nitrogen and oxygen atoms in total. The minimum Gasteiger partial charge on any atom is -0.494 e. The van der Waals surface area contributed by atoms with Crippen LogP contribution in [0, 0.1) is 5.92 Å². The molecular formula is C15H22N2O2. The Morgan fingerprint density at radius 3 is 2.79 bits per heavy atom. The van der Waals surface area contributed by atoms with Gasteiger partial charge in [-0.25, -0.2) is 0 Å². The summed E-state index contributed by atoms with van der Waals surface area (Å²) in [5.41, 5.74) is 6.91. The number of nitrogens with one attached hydrogen (secondary N) is 1. The highest BCUT2D eigenvalue weighted by atomic mass is 16.5. The molecule has 0 bridgehead atoms. The predicted octanol–water partition coefficient (Wildman–Crippen LogP) is 2.59. The molecule has 1 aliphatic carbocycles. The Bertz CT molecular complexity index is 440. The molecule has 1 fully saturated rings. The third kappa shape index (κ3) is 3.88. The molecule has 0 heterocycles. The lowest BCUT2D eigenvalue weighted by Crippen LogP contribution is -2.28. The van der Waals surface area contributed by atoms with E-state index in [-0.39, 0.29) is 5.91 Å². The van der Waals surface area contributed by atoms with Crippen LogP contribution in [0.5, 0.6) is 5.75 Å². The van der Waals surface area contributed by atoms with E-state index in [1.54, 1.807) is 18.2 Å². The van der Waals surface area contributed by atoms with Crippen LogP contribution in [0.4, 0.5) is 5.69 Å². The first-order valence-corrected chi connectivity index (χ1v) is 7.00. The Hall–Kier alpha value is -1.71. The van der Waals surface area contributed by atoms with Crippen molar-refractivity contribution in [2.24, 2.45) is 5.92 Å². The summed E-state index contributed by atoms with van der Waals surface area (Å²) in [6.07, 6.45) is 5.02. The summed E-state index contributed by atoms with van der Waals surface area (Å²) >= 11 is 0. The Balaban J connectivity index is 1.97. The van der Waals surface area contributed by atoms with Gasteiger partial charge in [0.15, 0.2) is 0 Å². The third-order valence-corrected chi connectivity index (χ3v) is 3.53. The molecule has 0 aromatic heterocycles. The fourth-order valence-corrected chi connectivity index (χ4v) is 2.56. The lowest BCUT2D eigenvalue weighted by Gasteiger charge is -2.12. The van der Waals surface area contributed by atoms with Crippen LogP contribution in [0.25, 0.3) is 0 Å². The number of nitrogens with two attached hydrogens (primary N) is 1. The molecule has 1 amide bonds. The number of carbonyl (C=O) groups is 1. The van der Waals surface area contributed by atoms with Gasteiger partial charge in [-0.3, -0.25) is 4.79 Å². The summed E-state index contributed by atoms with van der Waals surface area (Å²) in [6.45, 7) is 3.23. The van der Waals surface area contributed by atoms with Crippen molar-refractivity contribution in [3.05, 3.63) is 23.8 Å². The molecule has 0 aliphatic heterocycles. The molecule has 0 spiro atoms. The van der Waals surface area contributed by atoms with Crippen LogP contribution in [0.15, 0.2) is 18.2 Å². The first-order valence-electron chi connectivity index (χ1n) is 7.00. The van der Waals surface area contributed by atoms with Gasteiger partial charge >= 0.3 is 0 Å². The van der Waals surface area contributed by atoms with E-state index in [0.717, 1.165) is 6.54 Å².